The number of likely N-dealkylation sites (tertiary alicyclic amines) is 1. The molecule has 27 heavy (non-hydrogen) atoms. The number of carbonyl (C=O) groups is 2. The number of nitrogens with one attached hydrogen (secondary N) is 1. The molecule has 3 heterocycles. The maximum absolute atomic E-state index is 12.8. The first kappa shape index (κ1) is 19.7. The molecule has 0 atom stereocenters. The second-order valence-corrected chi connectivity index (χ2v) is 7.85. The van der Waals surface area contributed by atoms with E-state index >= 15 is 0 Å². The summed E-state index contributed by atoms with van der Waals surface area (Å²) in [5, 5.41) is 7.17. The van der Waals surface area contributed by atoms with E-state index in [9.17, 15) is 9.59 Å². The maximum Gasteiger partial charge on any atom is 0.410 e. The molecule has 0 bridgehead atoms. The monoisotopic (exact) mass is 376 g/mol. The van der Waals surface area contributed by atoms with Crippen LogP contribution in [-0.4, -0.2) is 63.8 Å². The van der Waals surface area contributed by atoms with E-state index in [0.29, 0.717) is 38.2 Å². The van der Waals surface area contributed by atoms with Gasteiger partial charge in [0, 0.05) is 43.7 Å². The second-order valence-electron chi connectivity index (χ2n) is 7.85. The number of hydrogen-bond donors (Lipinski definition) is 1. The molecule has 2 fully saturated rings. The number of aryl methyl sites for hydroxylation is 1. The van der Waals surface area contributed by atoms with Gasteiger partial charge in [0.05, 0.1) is 6.54 Å². The van der Waals surface area contributed by atoms with Gasteiger partial charge in [-0.2, -0.15) is 5.10 Å². The number of carbonyl (C=O) groups excluding carboxylic acids is 2. The van der Waals surface area contributed by atoms with Crippen LogP contribution in [0.15, 0.2) is 0 Å². The average Bonchev–Trinajstić information content (AvgIpc) is 3.18. The number of piperidine rings is 1. The summed E-state index contributed by atoms with van der Waals surface area (Å²) >= 11 is 0. The number of rotatable bonds is 7. The summed E-state index contributed by atoms with van der Waals surface area (Å²) in [7, 11) is 0. The van der Waals surface area contributed by atoms with Crippen molar-refractivity contribution in [3.63, 3.8) is 0 Å². The SMILES string of the molecule is CCCCCCN1CC2(CCN(C(=O)c3n[nH]c(CC)c3C)CC2)OC1=O. The van der Waals surface area contributed by atoms with Gasteiger partial charge in [-0.1, -0.05) is 33.1 Å². The molecular weight excluding hydrogens is 344 g/mol. The lowest BCUT2D eigenvalue weighted by molar-refractivity contribution is 0.00295. The highest BCUT2D eigenvalue weighted by Crippen LogP contribution is 2.34. The Hall–Kier alpha value is -2.05. The molecule has 150 valence electrons. The molecule has 1 spiro atoms. The quantitative estimate of drug-likeness (QED) is 0.741. The zero-order chi connectivity index (χ0) is 19.4. The standard InChI is InChI=1S/C20H32N4O3/c1-4-6-7-8-11-24-14-20(27-19(24)26)9-12-23(13-10-20)18(25)17-15(3)16(5-2)21-22-17/h4-14H2,1-3H3,(H,21,22). The lowest BCUT2D eigenvalue weighted by Crippen LogP contribution is -2.49. The molecule has 0 aliphatic carbocycles. The van der Waals surface area contributed by atoms with E-state index in [-0.39, 0.29) is 12.0 Å². The number of amides is 2. The van der Waals surface area contributed by atoms with Gasteiger partial charge in [-0.15, -0.1) is 0 Å². The van der Waals surface area contributed by atoms with Gasteiger partial charge < -0.3 is 14.5 Å². The summed E-state index contributed by atoms with van der Waals surface area (Å²) in [5.41, 5.74) is 2.04. The van der Waals surface area contributed by atoms with E-state index in [1.165, 1.54) is 12.8 Å². The molecule has 1 N–H and O–H groups in total. The van der Waals surface area contributed by atoms with Gasteiger partial charge in [0.1, 0.15) is 5.60 Å². The Morgan fingerprint density at radius 3 is 2.59 bits per heavy atom. The number of ether oxygens (including phenoxy) is 1. The first-order valence-electron chi connectivity index (χ1n) is 10.3. The van der Waals surface area contributed by atoms with E-state index in [2.05, 4.69) is 17.1 Å². The highest BCUT2D eigenvalue weighted by molar-refractivity contribution is 5.94. The van der Waals surface area contributed by atoms with Crippen molar-refractivity contribution in [2.24, 2.45) is 0 Å². The van der Waals surface area contributed by atoms with Crippen molar-refractivity contribution in [3.8, 4) is 0 Å². The minimum Gasteiger partial charge on any atom is -0.441 e. The molecule has 2 amide bonds. The highest BCUT2D eigenvalue weighted by Gasteiger charge is 2.47. The van der Waals surface area contributed by atoms with Gasteiger partial charge in [-0.25, -0.2) is 4.79 Å². The lowest BCUT2D eigenvalue weighted by atomic mass is 9.91. The zero-order valence-corrected chi connectivity index (χ0v) is 16.8. The second kappa shape index (κ2) is 8.31. The number of aromatic amines is 1. The maximum atomic E-state index is 12.8. The fourth-order valence-electron chi connectivity index (χ4n) is 4.11. The normalized spacial score (nSPS) is 19.0. The van der Waals surface area contributed by atoms with Crippen LogP contribution in [0.2, 0.25) is 0 Å². The van der Waals surface area contributed by atoms with Crippen molar-refractivity contribution in [3.05, 3.63) is 17.0 Å². The van der Waals surface area contributed by atoms with Crippen molar-refractivity contribution in [1.82, 2.24) is 20.0 Å². The third-order valence-electron chi connectivity index (χ3n) is 5.95. The number of nitrogens with zero attached hydrogens (tertiary/aromatic N) is 3. The third kappa shape index (κ3) is 4.12. The van der Waals surface area contributed by atoms with Gasteiger partial charge in [0.2, 0.25) is 0 Å². The fourth-order valence-corrected chi connectivity index (χ4v) is 4.11. The molecule has 2 saturated heterocycles. The first-order chi connectivity index (χ1) is 13.0. The van der Waals surface area contributed by atoms with Crippen LogP contribution >= 0.6 is 0 Å². The van der Waals surface area contributed by atoms with Crippen LogP contribution in [0, 0.1) is 6.92 Å². The zero-order valence-electron chi connectivity index (χ0n) is 16.8. The van der Waals surface area contributed by atoms with Crippen molar-refractivity contribution in [2.45, 2.75) is 71.3 Å². The fraction of sp³-hybridized carbons (Fsp3) is 0.750. The van der Waals surface area contributed by atoms with Gasteiger partial charge in [-0.05, 0) is 19.8 Å². The smallest absolute Gasteiger partial charge is 0.410 e. The van der Waals surface area contributed by atoms with E-state index in [1.807, 2.05) is 23.6 Å². The number of unbranched alkanes of at least 4 members (excludes halogenated alkanes) is 3. The molecule has 0 unspecified atom stereocenters. The summed E-state index contributed by atoms with van der Waals surface area (Å²) in [5.74, 6) is -0.0287. The van der Waals surface area contributed by atoms with E-state index in [0.717, 1.165) is 37.1 Å². The molecule has 7 nitrogen and oxygen atoms in total. The number of H-pyrrole nitrogens is 1. The van der Waals surface area contributed by atoms with Gasteiger partial charge in [-0.3, -0.25) is 9.89 Å². The third-order valence-corrected chi connectivity index (χ3v) is 5.95. The Morgan fingerprint density at radius 1 is 1.22 bits per heavy atom. The number of hydrogen-bond acceptors (Lipinski definition) is 4. The highest BCUT2D eigenvalue weighted by atomic mass is 16.6. The predicted molar refractivity (Wildman–Crippen MR) is 103 cm³/mol. The van der Waals surface area contributed by atoms with Crippen molar-refractivity contribution < 1.29 is 14.3 Å². The Morgan fingerprint density at radius 2 is 1.96 bits per heavy atom. The molecule has 3 rings (SSSR count). The van der Waals surface area contributed by atoms with Gasteiger partial charge in [0.15, 0.2) is 5.69 Å². The van der Waals surface area contributed by atoms with Crippen LogP contribution in [0.25, 0.3) is 0 Å². The van der Waals surface area contributed by atoms with E-state index in [1.54, 1.807) is 0 Å². The topological polar surface area (TPSA) is 78.5 Å². The Balaban J connectivity index is 1.54. The Kier molecular flexibility index (Phi) is 6.07. The summed E-state index contributed by atoms with van der Waals surface area (Å²) in [6, 6.07) is 0. The van der Waals surface area contributed by atoms with E-state index < -0.39 is 5.60 Å². The molecule has 0 radical (unpaired) electrons. The van der Waals surface area contributed by atoms with Crippen LogP contribution in [0.1, 0.15) is 74.1 Å². The van der Waals surface area contributed by atoms with Crippen LogP contribution in [0.5, 0.6) is 0 Å². The molecule has 1 aromatic heterocycles. The molecule has 1 aromatic rings. The molecule has 2 aliphatic rings. The molecular formula is C20H32N4O3. The largest absolute Gasteiger partial charge is 0.441 e. The van der Waals surface area contributed by atoms with E-state index in [4.69, 9.17) is 4.74 Å². The summed E-state index contributed by atoms with van der Waals surface area (Å²) in [4.78, 5) is 28.7. The first-order valence-corrected chi connectivity index (χ1v) is 10.3. The lowest BCUT2D eigenvalue weighted by Gasteiger charge is -2.37. The van der Waals surface area contributed by atoms with Gasteiger partial charge >= 0.3 is 6.09 Å². The van der Waals surface area contributed by atoms with Crippen LogP contribution < -0.4 is 0 Å². The minimum atomic E-state index is -0.423. The minimum absolute atomic E-state index is 0.0287. The molecule has 7 heteroatoms. The Bertz CT molecular complexity index is 677. The van der Waals surface area contributed by atoms with Crippen LogP contribution in [0.3, 0.4) is 0 Å². The van der Waals surface area contributed by atoms with Gasteiger partial charge in [0.25, 0.3) is 5.91 Å². The molecule has 0 aromatic carbocycles. The van der Waals surface area contributed by atoms with Crippen LogP contribution in [-0.2, 0) is 11.2 Å². The molecule has 0 saturated carbocycles. The average molecular weight is 377 g/mol. The Labute approximate surface area is 161 Å². The number of aromatic nitrogens is 2. The van der Waals surface area contributed by atoms with Crippen LogP contribution in [0.4, 0.5) is 4.79 Å². The summed E-state index contributed by atoms with van der Waals surface area (Å²) in [6.07, 6.45) is 6.60. The predicted octanol–water partition coefficient (Wildman–Crippen LogP) is 3.29. The summed E-state index contributed by atoms with van der Waals surface area (Å²) in [6.45, 7) is 8.80. The van der Waals surface area contributed by atoms with Crippen molar-refractivity contribution >= 4 is 12.0 Å². The van der Waals surface area contributed by atoms with Crippen molar-refractivity contribution in [2.75, 3.05) is 26.2 Å². The molecule has 2 aliphatic heterocycles. The summed E-state index contributed by atoms with van der Waals surface area (Å²) < 4.78 is 5.77. The van der Waals surface area contributed by atoms with Crippen molar-refractivity contribution in [1.29, 1.82) is 0 Å².